The normalized spacial score (nSPS) is 17.2. The third kappa shape index (κ3) is 6.82. The number of piperidine rings is 1. The highest BCUT2D eigenvalue weighted by Gasteiger charge is 2.21. The van der Waals surface area contributed by atoms with E-state index >= 15 is 0 Å². The van der Waals surface area contributed by atoms with Crippen LogP contribution < -0.4 is 20.4 Å². The number of carbonyl (C=O) groups excluding carboxylic acids is 1. The van der Waals surface area contributed by atoms with Crippen LogP contribution in [0.3, 0.4) is 0 Å². The fraction of sp³-hybridized carbons (Fsp3) is 0.480. The molecule has 0 radical (unpaired) electrons. The Bertz CT molecular complexity index is 923. The highest BCUT2D eigenvalue weighted by atomic mass is 127. The molecule has 2 fully saturated rings. The number of anilines is 2. The number of amides is 1. The van der Waals surface area contributed by atoms with Crippen LogP contribution in [0, 0.1) is 5.92 Å². The first-order valence-electron chi connectivity index (χ1n) is 11.7. The molecule has 1 amide bonds. The Kier molecular flexibility index (Phi) is 9.34. The molecule has 1 aromatic carbocycles. The topological polar surface area (TPSA) is 72.9 Å². The predicted molar refractivity (Wildman–Crippen MR) is 145 cm³/mol. The maximum Gasteiger partial charge on any atom is 0.227 e. The average molecular weight is 563 g/mol. The summed E-state index contributed by atoms with van der Waals surface area (Å²) in [7, 11) is 1.77. The van der Waals surface area contributed by atoms with Gasteiger partial charge in [-0.1, -0.05) is 25.1 Å². The smallest absolute Gasteiger partial charge is 0.227 e. The van der Waals surface area contributed by atoms with Crippen molar-refractivity contribution in [2.24, 2.45) is 10.9 Å². The Morgan fingerprint density at radius 2 is 1.70 bits per heavy atom. The molecule has 3 heterocycles. The van der Waals surface area contributed by atoms with Crippen LogP contribution in [0.5, 0.6) is 0 Å². The van der Waals surface area contributed by atoms with E-state index in [0.29, 0.717) is 19.5 Å². The van der Waals surface area contributed by atoms with Crippen molar-refractivity contribution in [2.75, 3.05) is 36.5 Å². The van der Waals surface area contributed by atoms with Gasteiger partial charge in [0.1, 0.15) is 5.82 Å². The average Bonchev–Trinajstić information content (AvgIpc) is 3.26. The summed E-state index contributed by atoms with van der Waals surface area (Å²) in [4.78, 5) is 25.1. The van der Waals surface area contributed by atoms with Crippen LogP contribution >= 0.6 is 24.0 Å². The highest BCUT2D eigenvalue weighted by molar-refractivity contribution is 14.0. The van der Waals surface area contributed by atoms with Gasteiger partial charge in [-0.05, 0) is 54.5 Å². The van der Waals surface area contributed by atoms with E-state index in [1.54, 1.807) is 7.05 Å². The Morgan fingerprint density at radius 1 is 1.03 bits per heavy atom. The number of rotatable bonds is 6. The molecule has 4 rings (SSSR count). The lowest BCUT2D eigenvalue weighted by Crippen LogP contribution is -2.36. The zero-order valence-corrected chi connectivity index (χ0v) is 21.9. The zero-order valence-electron chi connectivity index (χ0n) is 19.6. The molecule has 8 heteroatoms. The van der Waals surface area contributed by atoms with Crippen LogP contribution in [-0.2, 0) is 17.9 Å². The van der Waals surface area contributed by atoms with Crippen molar-refractivity contribution in [1.29, 1.82) is 0 Å². The summed E-state index contributed by atoms with van der Waals surface area (Å²) in [6.07, 6.45) is 6.03. The van der Waals surface area contributed by atoms with Gasteiger partial charge in [0.2, 0.25) is 5.91 Å². The molecule has 1 aromatic heterocycles. The fourth-order valence-electron chi connectivity index (χ4n) is 4.25. The van der Waals surface area contributed by atoms with Gasteiger partial charge in [-0.25, -0.2) is 4.98 Å². The van der Waals surface area contributed by atoms with E-state index in [-0.39, 0.29) is 29.9 Å². The Labute approximate surface area is 214 Å². The number of halogens is 1. The molecule has 2 N–H and O–H groups in total. The summed E-state index contributed by atoms with van der Waals surface area (Å²) in [6, 6.07) is 12.4. The number of aliphatic imine (C=N–C) groups is 1. The minimum atomic E-state index is 0. The van der Waals surface area contributed by atoms with E-state index < -0.39 is 0 Å². The second-order valence-corrected chi connectivity index (χ2v) is 8.79. The third-order valence-corrected chi connectivity index (χ3v) is 6.38. The van der Waals surface area contributed by atoms with Crippen molar-refractivity contribution in [1.82, 2.24) is 15.6 Å². The molecule has 0 spiro atoms. The van der Waals surface area contributed by atoms with Gasteiger partial charge in [0.15, 0.2) is 5.96 Å². The van der Waals surface area contributed by atoms with Crippen LogP contribution in [0.25, 0.3) is 0 Å². The van der Waals surface area contributed by atoms with Crippen LogP contribution in [0.15, 0.2) is 47.6 Å². The van der Waals surface area contributed by atoms with Crippen LogP contribution in [0.1, 0.15) is 43.7 Å². The minimum Gasteiger partial charge on any atom is -0.357 e. The maximum absolute atomic E-state index is 11.9. The summed E-state index contributed by atoms with van der Waals surface area (Å²) < 4.78 is 0. The number of aromatic nitrogens is 1. The predicted octanol–water partition coefficient (Wildman–Crippen LogP) is 3.93. The third-order valence-electron chi connectivity index (χ3n) is 6.38. The molecule has 2 aliphatic rings. The quantitative estimate of drug-likeness (QED) is 0.317. The lowest BCUT2D eigenvalue weighted by molar-refractivity contribution is -0.117. The molecule has 0 aliphatic carbocycles. The van der Waals surface area contributed by atoms with Gasteiger partial charge in [-0.2, -0.15) is 0 Å². The second-order valence-electron chi connectivity index (χ2n) is 8.79. The number of guanidine groups is 1. The number of nitrogens with zero attached hydrogens (tertiary/aromatic N) is 4. The van der Waals surface area contributed by atoms with Crippen molar-refractivity contribution in [3.05, 3.63) is 53.7 Å². The molecule has 0 saturated carbocycles. The fourth-order valence-corrected chi connectivity index (χ4v) is 4.25. The molecule has 0 bridgehead atoms. The second kappa shape index (κ2) is 12.2. The van der Waals surface area contributed by atoms with Gasteiger partial charge in [0, 0.05) is 58.1 Å². The summed E-state index contributed by atoms with van der Waals surface area (Å²) >= 11 is 0. The lowest BCUT2D eigenvalue weighted by Gasteiger charge is -2.31. The SMILES string of the molecule is CN=C(NCc1ccc(N2CCCC2=O)cc1)NCc1ccc(N2CCC(C)CC2)nc1.I. The number of carbonyl (C=O) groups is 1. The molecule has 0 unspecified atom stereocenters. The van der Waals surface area contributed by atoms with Gasteiger partial charge in [0.05, 0.1) is 0 Å². The minimum absolute atomic E-state index is 0. The van der Waals surface area contributed by atoms with Crippen LogP contribution in [0.2, 0.25) is 0 Å². The number of hydrogen-bond acceptors (Lipinski definition) is 4. The molecule has 178 valence electrons. The van der Waals surface area contributed by atoms with Crippen LogP contribution in [-0.4, -0.2) is 43.5 Å². The van der Waals surface area contributed by atoms with E-state index in [9.17, 15) is 4.79 Å². The first-order chi connectivity index (χ1) is 15.6. The Balaban J connectivity index is 0.00000306. The number of pyridine rings is 1. The molecule has 2 aromatic rings. The van der Waals surface area contributed by atoms with Crippen molar-refractivity contribution in [3.63, 3.8) is 0 Å². The van der Waals surface area contributed by atoms with E-state index in [2.05, 4.69) is 56.7 Å². The molecule has 7 nitrogen and oxygen atoms in total. The molecule has 2 saturated heterocycles. The van der Waals surface area contributed by atoms with Crippen molar-refractivity contribution in [2.45, 2.75) is 45.7 Å². The Hall–Kier alpha value is -2.36. The zero-order chi connectivity index (χ0) is 22.3. The van der Waals surface area contributed by atoms with E-state index in [0.717, 1.165) is 60.6 Å². The van der Waals surface area contributed by atoms with E-state index in [1.807, 2.05) is 23.2 Å². The van der Waals surface area contributed by atoms with Gasteiger partial charge in [-0.3, -0.25) is 9.79 Å². The summed E-state index contributed by atoms with van der Waals surface area (Å²) in [5.74, 6) is 2.86. The molecular weight excluding hydrogens is 527 g/mol. The monoisotopic (exact) mass is 562 g/mol. The lowest BCUT2D eigenvalue weighted by atomic mass is 9.99. The van der Waals surface area contributed by atoms with Crippen molar-refractivity contribution < 1.29 is 4.79 Å². The Morgan fingerprint density at radius 3 is 2.27 bits per heavy atom. The largest absolute Gasteiger partial charge is 0.357 e. The van der Waals surface area contributed by atoms with Crippen molar-refractivity contribution in [3.8, 4) is 0 Å². The van der Waals surface area contributed by atoms with E-state index in [4.69, 9.17) is 0 Å². The molecule has 2 aliphatic heterocycles. The first-order valence-corrected chi connectivity index (χ1v) is 11.7. The molecule has 0 atom stereocenters. The van der Waals surface area contributed by atoms with Gasteiger partial charge < -0.3 is 20.4 Å². The van der Waals surface area contributed by atoms with Gasteiger partial charge in [0.25, 0.3) is 0 Å². The highest BCUT2D eigenvalue weighted by Crippen LogP contribution is 2.22. The number of nitrogens with one attached hydrogen (secondary N) is 2. The first kappa shape index (κ1) is 25.3. The molecular formula is C25H35IN6O. The summed E-state index contributed by atoms with van der Waals surface area (Å²) in [6.45, 7) is 6.67. The molecule has 33 heavy (non-hydrogen) atoms. The van der Waals surface area contributed by atoms with E-state index in [1.165, 1.54) is 12.8 Å². The van der Waals surface area contributed by atoms with Crippen LogP contribution in [0.4, 0.5) is 11.5 Å². The number of benzene rings is 1. The maximum atomic E-state index is 11.9. The van der Waals surface area contributed by atoms with Gasteiger partial charge >= 0.3 is 0 Å². The van der Waals surface area contributed by atoms with Crippen molar-refractivity contribution >= 4 is 47.3 Å². The summed E-state index contributed by atoms with van der Waals surface area (Å²) in [5, 5.41) is 6.71. The van der Waals surface area contributed by atoms with Gasteiger partial charge in [-0.15, -0.1) is 24.0 Å². The summed E-state index contributed by atoms with van der Waals surface area (Å²) in [5.41, 5.74) is 3.25. The number of hydrogen-bond donors (Lipinski definition) is 2. The standard InChI is InChI=1S/C25H34N6O.HI/c1-19-11-14-30(15-12-19)23-10-7-21(17-27-23)18-29-25(26-2)28-16-20-5-8-22(9-6-20)31-13-3-4-24(31)32;/h5-10,17,19H,3-4,11-16,18H2,1-2H3,(H2,26,28,29);1H.